The molecule has 15 heavy (non-hydrogen) atoms. The molecule has 0 spiro atoms. The normalized spacial score (nSPS) is 12.6. The number of methoxy groups -OCH3 is 1. The van der Waals surface area contributed by atoms with Crippen LogP contribution >= 0.6 is 0 Å². The van der Waals surface area contributed by atoms with Gasteiger partial charge in [-0.15, -0.1) is 0 Å². The second-order valence-electron chi connectivity index (χ2n) is 3.06. The summed E-state index contributed by atoms with van der Waals surface area (Å²) in [5.41, 5.74) is 0.228. The first-order chi connectivity index (χ1) is 7.11. The Bertz CT molecular complexity index is 344. The summed E-state index contributed by atoms with van der Waals surface area (Å²) in [5.74, 6) is -2.32. The molecule has 1 aromatic carbocycles. The van der Waals surface area contributed by atoms with Gasteiger partial charge in [-0.1, -0.05) is 0 Å². The van der Waals surface area contributed by atoms with E-state index in [4.69, 9.17) is 4.74 Å². The highest BCUT2D eigenvalue weighted by molar-refractivity contribution is 5.37. The Morgan fingerprint density at radius 2 is 2.13 bits per heavy atom. The van der Waals surface area contributed by atoms with Crippen LogP contribution < -0.4 is 10.1 Å². The molecule has 0 aliphatic heterocycles. The molecule has 1 atom stereocenters. The standard InChI is InChI=1S/C10H13F2NO2/c1-13-5-8(14)6-3-4-7(11)9(12)10(6)15-2/h3-4,8,13-14H,5H2,1-2H3. The van der Waals surface area contributed by atoms with Gasteiger partial charge in [-0.3, -0.25) is 0 Å². The van der Waals surface area contributed by atoms with Gasteiger partial charge < -0.3 is 15.2 Å². The maximum absolute atomic E-state index is 13.2. The first kappa shape index (κ1) is 11.9. The van der Waals surface area contributed by atoms with Gasteiger partial charge in [0.1, 0.15) is 0 Å². The van der Waals surface area contributed by atoms with Gasteiger partial charge in [0.15, 0.2) is 11.6 Å². The summed E-state index contributed by atoms with van der Waals surface area (Å²) in [6, 6.07) is 2.27. The molecule has 0 fully saturated rings. The van der Waals surface area contributed by atoms with Crippen molar-refractivity contribution in [3.05, 3.63) is 29.3 Å². The average Bonchev–Trinajstić information content (AvgIpc) is 2.22. The largest absolute Gasteiger partial charge is 0.493 e. The highest BCUT2D eigenvalue weighted by atomic mass is 19.2. The lowest BCUT2D eigenvalue weighted by Crippen LogP contribution is -2.17. The Hall–Kier alpha value is -1.20. The van der Waals surface area contributed by atoms with Crippen molar-refractivity contribution in [3.8, 4) is 5.75 Å². The summed E-state index contributed by atoms with van der Waals surface area (Å²) in [6.07, 6.45) is -0.931. The molecule has 0 saturated carbocycles. The van der Waals surface area contributed by atoms with Crippen molar-refractivity contribution >= 4 is 0 Å². The van der Waals surface area contributed by atoms with Crippen LogP contribution in [0.4, 0.5) is 8.78 Å². The summed E-state index contributed by atoms with van der Waals surface area (Å²) in [4.78, 5) is 0. The molecule has 0 bridgehead atoms. The zero-order valence-corrected chi connectivity index (χ0v) is 8.55. The van der Waals surface area contributed by atoms with Crippen LogP contribution in [0.5, 0.6) is 5.75 Å². The molecular formula is C10H13F2NO2. The third-order valence-electron chi connectivity index (χ3n) is 2.04. The van der Waals surface area contributed by atoms with E-state index in [0.29, 0.717) is 0 Å². The molecule has 0 radical (unpaired) electrons. The summed E-state index contributed by atoms with van der Waals surface area (Å²) in [5, 5.41) is 12.3. The van der Waals surface area contributed by atoms with E-state index in [0.717, 1.165) is 6.07 Å². The average molecular weight is 217 g/mol. The van der Waals surface area contributed by atoms with Gasteiger partial charge in [-0.2, -0.15) is 4.39 Å². The number of nitrogens with one attached hydrogen (secondary N) is 1. The molecule has 0 heterocycles. The number of rotatable bonds is 4. The second kappa shape index (κ2) is 5.04. The molecule has 0 saturated heterocycles. The van der Waals surface area contributed by atoms with E-state index in [9.17, 15) is 13.9 Å². The third kappa shape index (κ3) is 2.43. The van der Waals surface area contributed by atoms with Gasteiger partial charge in [0.05, 0.1) is 13.2 Å². The van der Waals surface area contributed by atoms with Gasteiger partial charge in [0, 0.05) is 12.1 Å². The van der Waals surface area contributed by atoms with Crippen LogP contribution in [0.1, 0.15) is 11.7 Å². The fourth-order valence-corrected chi connectivity index (χ4v) is 1.32. The molecule has 84 valence electrons. The van der Waals surface area contributed by atoms with Gasteiger partial charge in [-0.05, 0) is 19.2 Å². The molecule has 1 rings (SSSR count). The van der Waals surface area contributed by atoms with Gasteiger partial charge >= 0.3 is 0 Å². The van der Waals surface area contributed by atoms with Crippen LogP contribution in [0.2, 0.25) is 0 Å². The molecule has 3 nitrogen and oxygen atoms in total. The number of aliphatic hydroxyl groups excluding tert-OH is 1. The summed E-state index contributed by atoms with van der Waals surface area (Å²) >= 11 is 0. The number of hydrogen-bond donors (Lipinski definition) is 2. The highest BCUT2D eigenvalue weighted by Gasteiger charge is 2.19. The Morgan fingerprint density at radius 3 is 2.67 bits per heavy atom. The van der Waals surface area contributed by atoms with E-state index in [1.807, 2.05) is 0 Å². The highest BCUT2D eigenvalue weighted by Crippen LogP contribution is 2.29. The SMILES string of the molecule is CNCC(O)c1ccc(F)c(F)c1OC. The van der Waals surface area contributed by atoms with Crippen molar-refractivity contribution in [2.75, 3.05) is 20.7 Å². The number of aliphatic hydroxyl groups is 1. The van der Waals surface area contributed by atoms with Crippen molar-refractivity contribution < 1.29 is 18.6 Å². The van der Waals surface area contributed by atoms with Crippen molar-refractivity contribution in [2.24, 2.45) is 0 Å². The molecule has 5 heteroatoms. The Morgan fingerprint density at radius 1 is 1.47 bits per heavy atom. The lowest BCUT2D eigenvalue weighted by atomic mass is 10.1. The minimum atomic E-state index is -1.08. The fraction of sp³-hybridized carbons (Fsp3) is 0.400. The molecule has 0 aliphatic rings. The van der Waals surface area contributed by atoms with Crippen LogP contribution in [-0.2, 0) is 0 Å². The lowest BCUT2D eigenvalue weighted by Gasteiger charge is -2.15. The Labute approximate surface area is 86.7 Å². The van der Waals surface area contributed by atoms with E-state index in [-0.39, 0.29) is 17.9 Å². The third-order valence-corrected chi connectivity index (χ3v) is 2.04. The molecular weight excluding hydrogens is 204 g/mol. The van der Waals surface area contributed by atoms with Crippen LogP contribution in [0.15, 0.2) is 12.1 Å². The molecule has 1 unspecified atom stereocenters. The van der Waals surface area contributed by atoms with E-state index in [2.05, 4.69) is 5.32 Å². The quantitative estimate of drug-likeness (QED) is 0.797. The number of ether oxygens (including phenoxy) is 1. The minimum absolute atomic E-state index is 0.228. The number of likely N-dealkylation sites (N-methyl/N-ethyl adjacent to an activating group) is 1. The van der Waals surface area contributed by atoms with E-state index in [1.165, 1.54) is 13.2 Å². The number of halogens is 2. The van der Waals surface area contributed by atoms with E-state index in [1.54, 1.807) is 7.05 Å². The fourth-order valence-electron chi connectivity index (χ4n) is 1.32. The molecule has 2 N–H and O–H groups in total. The monoisotopic (exact) mass is 217 g/mol. The second-order valence-corrected chi connectivity index (χ2v) is 3.06. The Kier molecular flexibility index (Phi) is 3.99. The zero-order valence-electron chi connectivity index (χ0n) is 8.55. The minimum Gasteiger partial charge on any atom is -0.493 e. The number of hydrogen-bond acceptors (Lipinski definition) is 3. The van der Waals surface area contributed by atoms with Gasteiger partial charge in [0.25, 0.3) is 0 Å². The van der Waals surface area contributed by atoms with Crippen molar-refractivity contribution in [3.63, 3.8) is 0 Å². The summed E-state index contributed by atoms with van der Waals surface area (Å²) in [6.45, 7) is 0.238. The van der Waals surface area contributed by atoms with Gasteiger partial charge in [0.2, 0.25) is 5.82 Å². The first-order valence-corrected chi connectivity index (χ1v) is 4.46. The summed E-state index contributed by atoms with van der Waals surface area (Å²) < 4.78 is 30.8. The van der Waals surface area contributed by atoms with Crippen LogP contribution in [0.3, 0.4) is 0 Å². The molecule has 0 aromatic heterocycles. The summed E-state index contributed by atoms with van der Waals surface area (Å²) in [7, 11) is 2.88. The van der Waals surface area contributed by atoms with E-state index >= 15 is 0 Å². The maximum atomic E-state index is 13.2. The van der Waals surface area contributed by atoms with Crippen LogP contribution in [0, 0.1) is 11.6 Å². The lowest BCUT2D eigenvalue weighted by molar-refractivity contribution is 0.172. The predicted molar refractivity (Wildman–Crippen MR) is 51.8 cm³/mol. The Balaban J connectivity index is 3.12. The molecule has 0 amide bonds. The smallest absolute Gasteiger partial charge is 0.200 e. The van der Waals surface area contributed by atoms with Crippen molar-refractivity contribution in [1.82, 2.24) is 5.32 Å². The van der Waals surface area contributed by atoms with Crippen molar-refractivity contribution in [1.29, 1.82) is 0 Å². The predicted octanol–water partition coefficient (Wildman–Crippen LogP) is 1.23. The molecule has 0 aliphatic carbocycles. The van der Waals surface area contributed by atoms with E-state index < -0.39 is 17.7 Å². The van der Waals surface area contributed by atoms with Crippen LogP contribution in [0.25, 0.3) is 0 Å². The maximum Gasteiger partial charge on any atom is 0.200 e. The first-order valence-electron chi connectivity index (χ1n) is 4.46. The topological polar surface area (TPSA) is 41.5 Å². The van der Waals surface area contributed by atoms with Gasteiger partial charge in [-0.25, -0.2) is 4.39 Å². The van der Waals surface area contributed by atoms with Crippen LogP contribution in [-0.4, -0.2) is 25.8 Å². The number of benzene rings is 1. The zero-order chi connectivity index (χ0) is 11.4. The molecule has 1 aromatic rings. The van der Waals surface area contributed by atoms with Crippen molar-refractivity contribution in [2.45, 2.75) is 6.10 Å².